The van der Waals surface area contributed by atoms with Crippen molar-refractivity contribution in [1.82, 2.24) is 4.90 Å². The van der Waals surface area contributed by atoms with E-state index in [9.17, 15) is 0 Å². The topological polar surface area (TPSA) is 61.8 Å². The van der Waals surface area contributed by atoms with E-state index in [1.165, 1.54) is 0 Å². The van der Waals surface area contributed by atoms with Gasteiger partial charge in [0.25, 0.3) is 0 Å². The minimum atomic E-state index is 0.234. The lowest BCUT2D eigenvalue weighted by Gasteiger charge is -2.32. The molecule has 1 aliphatic rings. The Morgan fingerprint density at radius 3 is 3.09 bits per heavy atom. The number of oxime groups is 1. The van der Waals surface area contributed by atoms with Gasteiger partial charge in [-0.3, -0.25) is 0 Å². The van der Waals surface area contributed by atoms with Gasteiger partial charge in [-0.25, -0.2) is 0 Å². The lowest BCUT2D eigenvalue weighted by molar-refractivity contribution is 0.286. The van der Waals surface area contributed by atoms with E-state index >= 15 is 0 Å². The van der Waals surface area contributed by atoms with Crippen LogP contribution in [0.2, 0.25) is 0 Å². The molecule has 0 radical (unpaired) electrons. The van der Waals surface area contributed by atoms with Crippen LogP contribution in [-0.2, 0) is 0 Å². The summed E-state index contributed by atoms with van der Waals surface area (Å²) in [4.78, 5) is 1.91. The molecule has 1 heterocycles. The summed E-state index contributed by atoms with van der Waals surface area (Å²) < 4.78 is 0. The van der Waals surface area contributed by atoms with E-state index in [2.05, 4.69) is 12.1 Å². The molecular formula is C6H13N3OS. The zero-order valence-corrected chi connectivity index (χ0v) is 7.34. The highest BCUT2D eigenvalue weighted by Crippen LogP contribution is 2.14. The van der Waals surface area contributed by atoms with Crippen molar-refractivity contribution in [1.29, 1.82) is 0 Å². The molecule has 0 aromatic carbocycles. The van der Waals surface area contributed by atoms with Crippen LogP contribution >= 0.6 is 11.8 Å². The first-order valence-electron chi connectivity index (χ1n) is 3.57. The zero-order valence-electron chi connectivity index (χ0n) is 6.53. The number of hydrogen-bond donors (Lipinski definition) is 2. The van der Waals surface area contributed by atoms with Crippen LogP contribution in [0.3, 0.4) is 0 Å². The standard InChI is InChI=1S/C6H13N3OS/c1-5-4-11-3-2-9(5)6(7)8-10/h5,10H,2-4H2,1H3,(H2,7,8). The normalized spacial score (nSPS) is 27.2. The van der Waals surface area contributed by atoms with E-state index in [0.29, 0.717) is 6.04 Å². The van der Waals surface area contributed by atoms with Crippen molar-refractivity contribution in [2.45, 2.75) is 13.0 Å². The highest BCUT2D eigenvalue weighted by atomic mass is 32.2. The third-order valence-corrected chi connectivity index (χ3v) is 2.95. The Labute approximate surface area is 70.4 Å². The first-order valence-corrected chi connectivity index (χ1v) is 4.73. The predicted octanol–water partition coefficient (Wildman–Crippen LogP) is 0.128. The van der Waals surface area contributed by atoms with Gasteiger partial charge in [-0.1, -0.05) is 5.16 Å². The van der Waals surface area contributed by atoms with Gasteiger partial charge in [0.15, 0.2) is 0 Å². The third-order valence-electron chi connectivity index (χ3n) is 1.76. The van der Waals surface area contributed by atoms with Crippen LogP contribution in [0.15, 0.2) is 5.16 Å². The van der Waals surface area contributed by atoms with Gasteiger partial charge in [-0.15, -0.1) is 0 Å². The SMILES string of the molecule is CC1CSCCN1C(N)=NO. The van der Waals surface area contributed by atoms with E-state index in [1.807, 2.05) is 16.7 Å². The summed E-state index contributed by atoms with van der Waals surface area (Å²) in [5.41, 5.74) is 5.45. The summed E-state index contributed by atoms with van der Waals surface area (Å²) >= 11 is 1.90. The Hall–Kier alpha value is -0.580. The molecule has 4 nitrogen and oxygen atoms in total. The predicted molar refractivity (Wildman–Crippen MR) is 46.9 cm³/mol. The Kier molecular flexibility index (Phi) is 2.87. The van der Waals surface area contributed by atoms with Gasteiger partial charge in [0, 0.05) is 24.1 Å². The van der Waals surface area contributed by atoms with Gasteiger partial charge in [-0.05, 0) is 6.92 Å². The Morgan fingerprint density at radius 1 is 1.82 bits per heavy atom. The molecule has 1 fully saturated rings. The average Bonchev–Trinajstić information content (AvgIpc) is 2.04. The quantitative estimate of drug-likeness (QED) is 0.238. The molecule has 0 bridgehead atoms. The number of guanidine groups is 1. The van der Waals surface area contributed by atoms with Crippen molar-refractivity contribution in [3.8, 4) is 0 Å². The van der Waals surface area contributed by atoms with E-state index in [0.717, 1.165) is 18.1 Å². The molecule has 0 aromatic heterocycles. The van der Waals surface area contributed by atoms with Gasteiger partial charge in [0.2, 0.25) is 5.96 Å². The highest BCUT2D eigenvalue weighted by Gasteiger charge is 2.19. The summed E-state index contributed by atoms with van der Waals surface area (Å²) in [7, 11) is 0. The fraction of sp³-hybridized carbons (Fsp3) is 0.833. The van der Waals surface area contributed by atoms with E-state index < -0.39 is 0 Å². The molecule has 1 rings (SSSR count). The van der Waals surface area contributed by atoms with Crippen molar-refractivity contribution in [2.75, 3.05) is 18.1 Å². The molecule has 0 aromatic rings. The first kappa shape index (κ1) is 8.52. The number of hydrogen-bond acceptors (Lipinski definition) is 3. The lowest BCUT2D eigenvalue weighted by atomic mass is 10.3. The summed E-state index contributed by atoms with van der Waals surface area (Å²) in [6.45, 7) is 2.95. The van der Waals surface area contributed by atoms with Crippen LogP contribution in [0.4, 0.5) is 0 Å². The van der Waals surface area contributed by atoms with Crippen LogP contribution in [0.1, 0.15) is 6.92 Å². The third kappa shape index (κ3) is 1.92. The Balaban J connectivity index is 2.54. The second kappa shape index (κ2) is 3.71. The fourth-order valence-electron chi connectivity index (χ4n) is 1.12. The molecule has 0 spiro atoms. The monoisotopic (exact) mass is 175 g/mol. The van der Waals surface area contributed by atoms with Crippen molar-refractivity contribution in [3.63, 3.8) is 0 Å². The molecule has 5 heteroatoms. The van der Waals surface area contributed by atoms with Crippen molar-refractivity contribution >= 4 is 17.7 Å². The first-order chi connectivity index (χ1) is 5.25. The minimum Gasteiger partial charge on any atom is -0.408 e. The number of thioether (sulfide) groups is 1. The van der Waals surface area contributed by atoms with Crippen LogP contribution in [0.5, 0.6) is 0 Å². The number of nitrogens with two attached hydrogens (primary N) is 1. The molecule has 1 atom stereocenters. The van der Waals surface area contributed by atoms with Crippen LogP contribution in [0, 0.1) is 0 Å². The Morgan fingerprint density at radius 2 is 2.55 bits per heavy atom. The lowest BCUT2D eigenvalue weighted by Crippen LogP contribution is -2.48. The van der Waals surface area contributed by atoms with Crippen LogP contribution < -0.4 is 5.73 Å². The van der Waals surface area contributed by atoms with E-state index in [1.54, 1.807) is 0 Å². The van der Waals surface area contributed by atoms with Crippen molar-refractivity contribution < 1.29 is 5.21 Å². The van der Waals surface area contributed by atoms with Gasteiger partial charge in [0.05, 0.1) is 0 Å². The second-order valence-corrected chi connectivity index (χ2v) is 3.73. The van der Waals surface area contributed by atoms with Gasteiger partial charge < -0.3 is 15.8 Å². The largest absolute Gasteiger partial charge is 0.408 e. The molecule has 1 unspecified atom stereocenters. The van der Waals surface area contributed by atoms with E-state index in [4.69, 9.17) is 10.9 Å². The molecule has 1 saturated heterocycles. The highest BCUT2D eigenvalue weighted by molar-refractivity contribution is 7.99. The second-order valence-electron chi connectivity index (χ2n) is 2.58. The van der Waals surface area contributed by atoms with Crippen LogP contribution in [0.25, 0.3) is 0 Å². The van der Waals surface area contributed by atoms with Crippen molar-refractivity contribution in [2.24, 2.45) is 10.9 Å². The average molecular weight is 175 g/mol. The molecule has 0 saturated carbocycles. The molecule has 0 amide bonds. The number of rotatable bonds is 0. The molecule has 1 aliphatic heterocycles. The maximum atomic E-state index is 8.42. The van der Waals surface area contributed by atoms with Gasteiger partial charge >= 0.3 is 0 Å². The molecule has 11 heavy (non-hydrogen) atoms. The van der Waals surface area contributed by atoms with Crippen LogP contribution in [-0.4, -0.2) is 40.2 Å². The summed E-state index contributed by atoms with van der Waals surface area (Å²) in [6, 6.07) is 0.379. The van der Waals surface area contributed by atoms with Gasteiger partial charge in [-0.2, -0.15) is 11.8 Å². The Bertz CT molecular complexity index is 162. The van der Waals surface area contributed by atoms with E-state index in [-0.39, 0.29) is 5.96 Å². The summed E-state index contributed by atoms with van der Waals surface area (Å²) in [5, 5.41) is 11.4. The molecule has 3 N–H and O–H groups in total. The van der Waals surface area contributed by atoms with Gasteiger partial charge in [0.1, 0.15) is 0 Å². The molecular weight excluding hydrogens is 162 g/mol. The zero-order chi connectivity index (χ0) is 8.27. The smallest absolute Gasteiger partial charge is 0.233 e. The van der Waals surface area contributed by atoms with Crippen molar-refractivity contribution in [3.05, 3.63) is 0 Å². The summed E-state index contributed by atoms with van der Waals surface area (Å²) in [6.07, 6.45) is 0. The summed E-state index contributed by atoms with van der Waals surface area (Å²) in [5.74, 6) is 2.34. The minimum absolute atomic E-state index is 0.234. The number of nitrogens with zero attached hydrogens (tertiary/aromatic N) is 2. The molecule has 0 aliphatic carbocycles. The maximum absolute atomic E-state index is 8.42. The fourth-order valence-corrected chi connectivity index (χ4v) is 2.14. The maximum Gasteiger partial charge on any atom is 0.233 e. The molecule has 64 valence electrons.